The normalized spacial score (nSPS) is 16.4. The van der Waals surface area contributed by atoms with Gasteiger partial charge in [0.1, 0.15) is 6.61 Å². The number of carbonyl (C=O) groups excluding carboxylic acids is 2. The zero-order valence-electron chi connectivity index (χ0n) is 7.73. The van der Waals surface area contributed by atoms with E-state index in [1.54, 1.807) is 11.0 Å². The minimum atomic E-state index is -0.424. The van der Waals surface area contributed by atoms with Crippen LogP contribution in [0.15, 0.2) is 11.6 Å². The Bertz CT molecular complexity index is 275. The van der Waals surface area contributed by atoms with Crippen LogP contribution in [0, 0.1) is 0 Å². The quantitative estimate of drug-likeness (QED) is 0.541. The van der Waals surface area contributed by atoms with Crippen molar-refractivity contribution < 1.29 is 14.4 Å². The van der Waals surface area contributed by atoms with Gasteiger partial charge in [-0.05, 0) is 6.42 Å². The van der Waals surface area contributed by atoms with E-state index >= 15 is 0 Å². The second-order valence-electron chi connectivity index (χ2n) is 2.99. The highest BCUT2D eigenvalue weighted by molar-refractivity contribution is 5.92. The minimum Gasteiger partial charge on any atom is -0.366 e. The number of carbonyl (C=O) groups is 2. The highest BCUT2D eigenvalue weighted by Crippen LogP contribution is 2.09. The Morgan fingerprint density at radius 2 is 2.29 bits per heavy atom. The maximum absolute atomic E-state index is 11.3. The fourth-order valence-electron chi connectivity index (χ4n) is 1.28. The zero-order valence-corrected chi connectivity index (χ0v) is 7.73. The van der Waals surface area contributed by atoms with Gasteiger partial charge in [0.25, 0.3) is 5.91 Å². The van der Waals surface area contributed by atoms with Crippen molar-refractivity contribution in [1.82, 2.24) is 4.90 Å². The van der Waals surface area contributed by atoms with Crippen molar-refractivity contribution in [2.75, 3.05) is 19.7 Å². The first-order chi connectivity index (χ1) is 6.65. The third-order valence-electron chi connectivity index (χ3n) is 2.09. The second-order valence-corrected chi connectivity index (χ2v) is 2.99. The molecule has 1 heterocycles. The van der Waals surface area contributed by atoms with Crippen LogP contribution in [0.2, 0.25) is 0 Å². The summed E-state index contributed by atoms with van der Waals surface area (Å²) in [4.78, 5) is 27.8. The summed E-state index contributed by atoms with van der Waals surface area (Å²) >= 11 is 0. The number of rotatable bonds is 3. The minimum absolute atomic E-state index is 0.139. The summed E-state index contributed by atoms with van der Waals surface area (Å²) in [6, 6.07) is 0. The molecule has 4 N–H and O–H groups in total. The maximum atomic E-state index is 11.3. The van der Waals surface area contributed by atoms with E-state index in [-0.39, 0.29) is 12.5 Å². The molecule has 0 atom stereocenters. The molecular weight excluding hydrogens is 186 g/mol. The van der Waals surface area contributed by atoms with E-state index in [1.165, 1.54) is 0 Å². The van der Waals surface area contributed by atoms with Crippen molar-refractivity contribution in [1.29, 1.82) is 0 Å². The van der Waals surface area contributed by atoms with Crippen LogP contribution in [0.4, 0.5) is 0 Å². The van der Waals surface area contributed by atoms with E-state index in [0.29, 0.717) is 25.1 Å². The largest absolute Gasteiger partial charge is 0.366 e. The summed E-state index contributed by atoms with van der Waals surface area (Å²) in [5.41, 5.74) is 5.66. The van der Waals surface area contributed by atoms with Crippen molar-refractivity contribution in [3.05, 3.63) is 11.6 Å². The molecule has 0 bridgehead atoms. The lowest BCUT2D eigenvalue weighted by Crippen LogP contribution is -2.39. The Kier molecular flexibility index (Phi) is 3.61. The molecule has 0 spiro atoms. The van der Waals surface area contributed by atoms with E-state index in [0.717, 1.165) is 0 Å². The van der Waals surface area contributed by atoms with Gasteiger partial charge < -0.3 is 10.6 Å². The first-order valence-electron chi connectivity index (χ1n) is 4.23. The Morgan fingerprint density at radius 1 is 1.57 bits per heavy atom. The first kappa shape index (κ1) is 10.7. The van der Waals surface area contributed by atoms with Gasteiger partial charge in [-0.25, -0.2) is 5.90 Å². The lowest BCUT2D eigenvalue weighted by atomic mass is 10.1. The molecule has 0 unspecified atom stereocenters. The molecule has 0 aromatic heterocycles. The lowest BCUT2D eigenvalue weighted by molar-refractivity contribution is -0.136. The summed E-state index contributed by atoms with van der Waals surface area (Å²) in [5, 5.41) is 0. The van der Waals surface area contributed by atoms with Crippen LogP contribution >= 0.6 is 0 Å². The van der Waals surface area contributed by atoms with E-state index in [4.69, 9.17) is 11.6 Å². The van der Waals surface area contributed by atoms with Gasteiger partial charge in [0, 0.05) is 18.7 Å². The van der Waals surface area contributed by atoms with Gasteiger partial charge in [-0.1, -0.05) is 6.08 Å². The van der Waals surface area contributed by atoms with Crippen molar-refractivity contribution in [3.63, 3.8) is 0 Å². The highest BCUT2D eigenvalue weighted by Gasteiger charge is 2.18. The molecule has 1 aliphatic heterocycles. The molecule has 1 aliphatic rings. The fraction of sp³-hybridized carbons (Fsp3) is 0.500. The van der Waals surface area contributed by atoms with Gasteiger partial charge in [-0.15, -0.1) is 0 Å². The molecule has 6 nitrogen and oxygen atoms in total. The van der Waals surface area contributed by atoms with Crippen LogP contribution < -0.4 is 11.6 Å². The molecule has 78 valence electrons. The number of amides is 2. The SMILES string of the molecule is NOCC(=O)N1CC=C(C(N)=O)CC1. The molecule has 0 aromatic rings. The lowest BCUT2D eigenvalue weighted by Gasteiger charge is -2.25. The molecule has 0 radical (unpaired) electrons. The third-order valence-corrected chi connectivity index (χ3v) is 2.09. The van der Waals surface area contributed by atoms with Gasteiger partial charge in [0.15, 0.2) is 0 Å². The van der Waals surface area contributed by atoms with Crippen molar-refractivity contribution >= 4 is 11.8 Å². The van der Waals surface area contributed by atoms with Crippen LogP contribution in [0.1, 0.15) is 6.42 Å². The van der Waals surface area contributed by atoms with Gasteiger partial charge >= 0.3 is 0 Å². The Morgan fingerprint density at radius 3 is 2.71 bits per heavy atom. The molecule has 1 rings (SSSR count). The Hall–Kier alpha value is -1.40. The summed E-state index contributed by atoms with van der Waals surface area (Å²) in [6.45, 7) is 0.733. The van der Waals surface area contributed by atoms with Gasteiger partial charge in [0.05, 0.1) is 0 Å². The molecule has 0 saturated carbocycles. The van der Waals surface area contributed by atoms with E-state index in [9.17, 15) is 9.59 Å². The average molecular weight is 199 g/mol. The molecule has 2 amide bonds. The van der Waals surface area contributed by atoms with Crippen LogP contribution in [0.3, 0.4) is 0 Å². The van der Waals surface area contributed by atoms with Gasteiger partial charge in [-0.2, -0.15) is 0 Å². The predicted molar refractivity (Wildman–Crippen MR) is 48.6 cm³/mol. The number of hydrogen-bond acceptors (Lipinski definition) is 4. The van der Waals surface area contributed by atoms with Gasteiger partial charge in [0.2, 0.25) is 5.91 Å². The fourth-order valence-corrected chi connectivity index (χ4v) is 1.28. The molecule has 0 saturated heterocycles. The number of primary amides is 1. The average Bonchev–Trinajstić information content (AvgIpc) is 2.18. The van der Waals surface area contributed by atoms with E-state index < -0.39 is 5.91 Å². The van der Waals surface area contributed by atoms with Crippen molar-refractivity contribution in [2.24, 2.45) is 11.6 Å². The summed E-state index contributed by atoms with van der Waals surface area (Å²) in [5.74, 6) is 4.16. The summed E-state index contributed by atoms with van der Waals surface area (Å²) in [6.07, 6.45) is 2.14. The van der Waals surface area contributed by atoms with Gasteiger partial charge in [-0.3, -0.25) is 14.4 Å². The monoisotopic (exact) mass is 199 g/mol. The molecule has 0 aliphatic carbocycles. The summed E-state index contributed by atoms with van der Waals surface area (Å²) < 4.78 is 0. The molecule has 14 heavy (non-hydrogen) atoms. The Balaban J connectivity index is 2.50. The number of nitrogens with two attached hydrogens (primary N) is 2. The topological polar surface area (TPSA) is 98.7 Å². The van der Waals surface area contributed by atoms with Crippen LogP contribution in [-0.4, -0.2) is 36.4 Å². The summed E-state index contributed by atoms with van der Waals surface area (Å²) in [7, 11) is 0. The standard InChI is InChI=1S/C8H13N3O3/c9-8(13)6-1-3-11(4-2-6)7(12)5-14-10/h1H,2-5,10H2,(H2,9,13). The highest BCUT2D eigenvalue weighted by atomic mass is 16.6. The molecule has 6 heteroatoms. The first-order valence-corrected chi connectivity index (χ1v) is 4.23. The smallest absolute Gasteiger partial charge is 0.250 e. The molecule has 0 fully saturated rings. The van der Waals surface area contributed by atoms with Crippen LogP contribution in [0.25, 0.3) is 0 Å². The number of nitrogens with zero attached hydrogens (tertiary/aromatic N) is 1. The number of hydrogen-bond donors (Lipinski definition) is 2. The van der Waals surface area contributed by atoms with Crippen molar-refractivity contribution in [2.45, 2.75) is 6.42 Å². The Labute approximate surface area is 81.4 Å². The van der Waals surface area contributed by atoms with E-state index in [2.05, 4.69) is 4.84 Å². The predicted octanol–water partition coefficient (Wildman–Crippen LogP) is -1.48. The van der Waals surface area contributed by atoms with Crippen molar-refractivity contribution in [3.8, 4) is 0 Å². The molecular formula is C8H13N3O3. The third kappa shape index (κ3) is 2.54. The maximum Gasteiger partial charge on any atom is 0.250 e. The van der Waals surface area contributed by atoms with Crippen LogP contribution in [-0.2, 0) is 14.4 Å². The van der Waals surface area contributed by atoms with Crippen LogP contribution in [0.5, 0.6) is 0 Å². The molecule has 0 aromatic carbocycles. The second kappa shape index (κ2) is 4.73. The zero-order chi connectivity index (χ0) is 10.6. The van der Waals surface area contributed by atoms with E-state index in [1.807, 2.05) is 0 Å².